The molecular formula is C17H18N2O4. The predicted molar refractivity (Wildman–Crippen MR) is 85.1 cm³/mol. The molecule has 0 saturated heterocycles. The summed E-state index contributed by atoms with van der Waals surface area (Å²) in [5, 5.41) is 2.80. The van der Waals surface area contributed by atoms with Crippen molar-refractivity contribution in [3.63, 3.8) is 0 Å². The Morgan fingerprint density at radius 1 is 1.30 bits per heavy atom. The Kier molecular flexibility index (Phi) is 4.32. The number of carbonyl (C=O) groups is 1. The van der Waals surface area contributed by atoms with Crippen LogP contribution in [-0.4, -0.2) is 30.1 Å². The van der Waals surface area contributed by atoms with Crippen LogP contribution in [0.5, 0.6) is 11.5 Å². The molecule has 2 heterocycles. The smallest absolute Gasteiger partial charge is 0.251 e. The van der Waals surface area contributed by atoms with Crippen LogP contribution in [-0.2, 0) is 0 Å². The highest BCUT2D eigenvalue weighted by Crippen LogP contribution is 2.31. The number of carbonyl (C=O) groups excluding carboxylic acids is 1. The first-order chi connectivity index (χ1) is 11.1. The van der Waals surface area contributed by atoms with Gasteiger partial charge in [0.05, 0.1) is 0 Å². The first-order valence-corrected chi connectivity index (χ1v) is 7.49. The van der Waals surface area contributed by atoms with E-state index in [9.17, 15) is 9.59 Å². The summed E-state index contributed by atoms with van der Waals surface area (Å²) >= 11 is 0. The zero-order valence-corrected chi connectivity index (χ0v) is 12.8. The number of H-pyrrole nitrogens is 1. The van der Waals surface area contributed by atoms with Crippen molar-refractivity contribution in [1.29, 1.82) is 0 Å². The van der Waals surface area contributed by atoms with E-state index in [1.54, 1.807) is 13.0 Å². The number of benzene rings is 1. The quantitative estimate of drug-likeness (QED) is 0.899. The number of nitrogens with one attached hydrogen (secondary N) is 2. The minimum atomic E-state index is -0.282. The maximum Gasteiger partial charge on any atom is 0.251 e. The number of aromatic amines is 1. The summed E-state index contributed by atoms with van der Waals surface area (Å²) in [6.45, 7) is 2.64. The average Bonchev–Trinajstić information content (AvgIpc) is 2.53. The molecule has 1 aliphatic rings. The number of rotatable bonds is 4. The minimum absolute atomic E-state index is 0.105. The molecular weight excluding hydrogens is 296 g/mol. The van der Waals surface area contributed by atoms with Gasteiger partial charge in [0, 0.05) is 30.3 Å². The maximum atomic E-state index is 12.1. The standard InChI is InChI=1S/C17H18N2O4/c1-11-8-12(9-16(20)19-11)17(21)18-7-6-13-10-22-14-4-2-3-5-15(14)23-13/h2-5,8-9,13H,6-7,10H2,1H3,(H,18,21)(H,19,20)/t13-/m0/s1. The van der Waals surface area contributed by atoms with Crippen molar-refractivity contribution in [2.45, 2.75) is 19.4 Å². The molecule has 1 aromatic carbocycles. The van der Waals surface area contributed by atoms with E-state index in [4.69, 9.17) is 9.47 Å². The molecule has 3 rings (SSSR count). The highest BCUT2D eigenvalue weighted by Gasteiger charge is 2.20. The second kappa shape index (κ2) is 6.56. The van der Waals surface area contributed by atoms with Gasteiger partial charge in [-0.1, -0.05) is 12.1 Å². The first kappa shape index (κ1) is 15.1. The number of para-hydroxylation sites is 2. The molecule has 6 nitrogen and oxygen atoms in total. The molecule has 0 spiro atoms. The van der Waals surface area contributed by atoms with Crippen molar-refractivity contribution >= 4 is 5.91 Å². The largest absolute Gasteiger partial charge is 0.486 e. The molecule has 0 radical (unpaired) electrons. The predicted octanol–water partition coefficient (Wildman–Crippen LogP) is 1.64. The van der Waals surface area contributed by atoms with Gasteiger partial charge in [0.15, 0.2) is 11.5 Å². The molecule has 23 heavy (non-hydrogen) atoms. The van der Waals surface area contributed by atoms with Crippen LogP contribution in [0.4, 0.5) is 0 Å². The van der Waals surface area contributed by atoms with Gasteiger partial charge in [0.2, 0.25) is 5.56 Å². The number of aryl methyl sites for hydroxylation is 1. The van der Waals surface area contributed by atoms with Gasteiger partial charge in [0.25, 0.3) is 5.91 Å². The number of pyridine rings is 1. The van der Waals surface area contributed by atoms with Gasteiger partial charge in [-0.15, -0.1) is 0 Å². The molecule has 120 valence electrons. The molecule has 1 amide bonds. The maximum absolute atomic E-state index is 12.1. The monoisotopic (exact) mass is 314 g/mol. The molecule has 2 aromatic rings. The van der Waals surface area contributed by atoms with Crippen LogP contribution < -0.4 is 20.3 Å². The lowest BCUT2D eigenvalue weighted by molar-refractivity contribution is 0.0812. The Hall–Kier alpha value is -2.76. The second-order valence-corrected chi connectivity index (χ2v) is 5.46. The molecule has 0 aliphatic carbocycles. The molecule has 0 saturated carbocycles. The third-order valence-electron chi connectivity index (χ3n) is 3.56. The summed E-state index contributed by atoms with van der Waals surface area (Å²) in [4.78, 5) is 26.0. The average molecular weight is 314 g/mol. The fourth-order valence-corrected chi connectivity index (χ4v) is 2.47. The second-order valence-electron chi connectivity index (χ2n) is 5.46. The lowest BCUT2D eigenvalue weighted by Crippen LogP contribution is -2.34. The van der Waals surface area contributed by atoms with Crippen molar-refractivity contribution in [2.75, 3.05) is 13.2 Å². The van der Waals surface area contributed by atoms with Gasteiger partial charge in [-0.05, 0) is 25.1 Å². The van der Waals surface area contributed by atoms with E-state index in [0.29, 0.717) is 30.8 Å². The summed E-state index contributed by atoms with van der Waals surface area (Å²) < 4.78 is 11.5. The van der Waals surface area contributed by atoms with Crippen molar-refractivity contribution in [3.05, 3.63) is 58.0 Å². The van der Waals surface area contributed by atoms with E-state index in [1.165, 1.54) is 6.07 Å². The van der Waals surface area contributed by atoms with Crippen molar-refractivity contribution < 1.29 is 14.3 Å². The van der Waals surface area contributed by atoms with Crippen molar-refractivity contribution in [2.24, 2.45) is 0 Å². The van der Waals surface area contributed by atoms with E-state index in [-0.39, 0.29) is 17.6 Å². The van der Waals surface area contributed by atoms with Gasteiger partial charge in [-0.3, -0.25) is 9.59 Å². The molecule has 6 heteroatoms. The normalized spacial score (nSPS) is 16.0. The number of fused-ring (bicyclic) bond motifs is 1. The summed E-state index contributed by atoms with van der Waals surface area (Å²) in [6.07, 6.45) is 0.522. The SMILES string of the molecule is Cc1cc(C(=O)NCC[C@H]2COc3ccccc3O2)cc(=O)[nH]1. The Bertz CT molecular complexity index is 769. The van der Waals surface area contributed by atoms with Crippen LogP contribution in [0.25, 0.3) is 0 Å². The number of aromatic nitrogens is 1. The molecule has 2 N–H and O–H groups in total. The summed E-state index contributed by atoms with van der Waals surface area (Å²) in [5.41, 5.74) is 0.733. The lowest BCUT2D eigenvalue weighted by atomic mass is 10.2. The van der Waals surface area contributed by atoms with Crippen molar-refractivity contribution in [3.8, 4) is 11.5 Å². The van der Waals surface area contributed by atoms with Crippen LogP contribution in [0.15, 0.2) is 41.2 Å². The molecule has 0 unspecified atom stereocenters. The fraction of sp³-hybridized carbons (Fsp3) is 0.294. The number of amides is 1. The lowest BCUT2D eigenvalue weighted by Gasteiger charge is -2.26. The first-order valence-electron chi connectivity index (χ1n) is 7.49. The van der Waals surface area contributed by atoms with E-state index in [0.717, 1.165) is 11.5 Å². The highest BCUT2D eigenvalue weighted by atomic mass is 16.6. The molecule has 0 bridgehead atoms. The highest BCUT2D eigenvalue weighted by molar-refractivity contribution is 5.94. The third kappa shape index (κ3) is 3.71. The summed E-state index contributed by atoms with van der Waals surface area (Å²) in [6, 6.07) is 10.4. The van der Waals surface area contributed by atoms with Crippen LogP contribution in [0.3, 0.4) is 0 Å². The van der Waals surface area contributed by atoms with Crippen LogP contribution in [0, 0.1) is 6.92 Å². The zero-order chi connectivity index (χ0) is 16.2. The van der Waals surface area contributed by atoms with E-state index in [2.05, 4.69) is 10.3 Å². The van der Waals surface area contributed by atoms with Gasteiger partial charge in [-0.2, -0.15) is 0 Å². The van der Waals surface area contributed by atoms with E-state index in [1.807, 2.05) is 24.3 Å². The van der Waals surface area contributed by atoms with Gasteiger partial charge < -0.3 is 19.8 Å². The fourth-order valence-electron chi connectivity index (χ4n) is 2.47. The third-order valence-corrected chi connectivity index (χ3v) is 3.56. The summed E-state index contributed by atoms with van der Waals surface area (Å²) in [7, 11) is 0. The number of hydrogen-bond acceptors (Lipinski definition) is 4. The minimum Gasteiger partial charge on any atom is -0.486 e. The van der Waals surface area contributed by atoms with E-state index < -0.39 is 0 Å². The molecule has 1 aromatic heterocycles. The number of hydrogen-bond donors (Lipinski definition) is 2. The van der Waals surface area contributed by atoms with Gasteiger partial charge >= 0.3 is 0 Å². The van der Waals surface area contributed by atoms with Crippen LogP contribution in [0.2, 0.25) is 0 Å². The molecule has 1 atom stereocenters. The summed E-state index contributed by atoms with van der Waals surface area (Å²) in [5.74, 6) is 1.20. The number of ether oxygens (including phenoxy) is 2. The Morgan fingerprint density at radius 2 is 2.09 bits per heavy atom. The topological polar surface area (TPSA) is 80.4 Å². The van der Waals surface area contributed by atoms with Crippen LogP contribution in [0.1, 0.15) is 22.5 Å². The molecule has 0 fully saturated rings. The van der Waals surface area contributed by atoms with E-state index >= 15 is 0 Å². The van der Waals surface area contributed by atoms with Gasteiger partial charge in [0.1, 0.15) is 12.7 Å². The Labute approximate surface area is 133 Å². The van der Waals surface area contributed by atoms with Gasteiger partial charge in [-0.25, -0.2) is 0 Å². The van der Waals surface area contributed by atoms with Crippen molar-refractivity contribution in [1.82, 2.24) is 10.3 Å². The Morgan fingerprint density at radius 3 is 2.87 bits per heavy atom. The Balaban J connectivity index is 1.52. The van der Waals surface area contributed by atoms with Crippen LogP contribution >= 0.6 is 0 Å². The molecule has 1 aliphatic heterocycles. The zero-order valence-electron chi connectivity index (χ0n) is 12.8.